The lowest BCUT2D eigenvalue weighted by Crippen LogP contribution is -2.24. The van der Waals surface area contributed by atoms with Gasteiger partial charge in [-0.25, -0.2) is 0 Å². The van der Waals surface area contributed by atoms with Crippen molar-refractivity contribution < 1.29 is 14.2 Å². The Morgan fingerprint density at radius 1 is 1.04 bits per heavy atom. The van der Waals surface area contributed by atoms with Crippen LogP contribution in [0.1, 0.15) is 16.7 Å². The minimum atomic E-state index is 0.390. The van der Waals surface area contributed by atoms with Gasteiger partial charge in [0.15, 0.2) is 5.11 Å². The molecule has 0 unspecified atom stereocenters. The normalized spacial score (nSPS) is 10.5. The van der Waals surface area contributed by atoms with Gasteiger partial charge in [-0.1, -0.05) is 12.1 Å². The van der Waals surface area contributed by atoms with Crippen LogP contribution in [-0.2, 0) is 0 Å². The summed E-state index contributed by atoms with van der Waals surface area (Å²) in [5, 5.41) is 7.71. The molecule has 7 heteroatoms. The maximum Gasteiger partial charge on any atom is 0.191 e. The Kier molecular flexibility index (Phi) is 6.80. The highest BCUT2D eigenvalue weighted by Crippen LogP contribution is 2.32. The van der Waals surface area contributed by atoms with Gasteiger partial charge in [-0.15, -0.1) is 0 Å². The number of methoxy groups -OCH3 is 3. The van der Waals surface area contributed by atoms with E-state index in [-0.39, 0.29) is 0 Å². The van der Waals surface area contributed by atoms with E-state index in [4.69, 9.17) is 26.4 Å². The van der Waals surface area contributed by atoms with Gasteiger partial charge < -0.3 is 19.5 Å². The summed E-state index contributed by atoms with van der Waals surface area (Å²) in [5.41, 5.74) is 6.75. The summed E-state index contributed by atoms with van der Waals surface area (Å²) in [7, 11) is 4.73. The van der Waals surface area contributed by atoms with Crippen molar-refractivity contribution in [2.24, 2.45) is 5.10 Å². The van der Waals surface area contributed by atoms with Crippen LogP contribution in [0.4, 0.5) is 5.69 Å². The van der Waals surface area contributed by atoms with Crippen molar-refractivity contribution in [1.82, 2.24) is 5.43 Å². The number of rotatable bonds is 6. The molecule has 0 radical (unpaired) electrons. The van der Waals surface area contributed by atoms with Gasteiger partial charge in [0, 0.05) is 17.8 Å². The SMILES string of the molecule is COc1cc(OC)c(/C=N\NC(=S)Nc2cccc(C)c2C)c(OC)c1. The van der Waals surface area contributed by atoms with Crippen molar-refractivity contribution in [2.75, 3.05) is 26.6 Å². The highest BCUT2D eigenvalue weighted by Gasteiger charge is 2.11. The van der Waals surface area contributed by atoms with Gasteiger partial charge in [-0.2, -0.15) is 5.10 Å². The van der Waals surface area contributed by atoms with Crippen molar-refractivity contribution in [1.29, 1.82) is 0 Å². The fourth-order valence-electron chi connectivity index (χ4n) is 2.35. The van der Waals surface area contributed by atoms with Crippen molar-refractivity contribution in [3.8, 4) is 17.2 Å². The van der Waals surface area contributed by atoms with E-state index >= 15 is 0 Å². The molecule has 0 saturated carbocycles. The fraction of sp³-hybridized carbons (Fsp3) is 0.263. The Balaban J connectivity index is 2.12. The number of hydrogen-bond donors (Lipinski definition) is 2. The van der Waals surface area contributed by atoms with Crippen LogP contribution in [0, 0.1) is 13.8 Å². The van der Waals surface area contributed by atoms with Crippen LogP contribution >= 0.6 is 12.2 Å². The monoisotopic (exact) mass is 373 g/mol. The van der Waals surface area contributed by atoms with Crippen LogP contribution in [0.2, 0.25) is 0 Å². The van der Waals surface area contributed by atoms with E-state index in [9.17, 15) is 0 Å². The van der Waals surface area contributed by atoms with E-state index in [1.165, 1.54) is 5.56 Å². The molecular formula is C19H23N3O3S. The highest BCUT2D eigenvalue weighted by molar-refractivity contribution is 7.80. The zero-order valence-corrected chi connectivity index (χ0v) is 16.4. The van der Waals surface area contributed by atoms with E-state index in [1.54, 1.807) is 39.7 Å². The Bertz CT molecular complexity index is 797. The van der Waals surface area contributed by atoms with Crippen LogP contribution in [-0.4, -0.2) is 32.7 Å². The summed E-state index contributed by atoms with van der Waals surface area (Å²) in [6.07, 6.45) is 1.59. The zero-order valence-electron chi connectivity index (χ0n) is 15.5. The molecule has 0 aliphatic heterocycles. The van der Waals surface area contributed by atoms with Crippen molar-refractivity contribution in [3.63, 3.8) is 0 Å². The minimum absolute atomic E-state index is 0.390. The predicted octanol–water partition coefficient (Wildman–Crippen LogP) is 3.65. The van der Waals surface area contributed by atoms with Gasteiger partial charge in [0.2, 0.25) is 0 Å². The first-order chi connectivity index (χ1) is 12.5. The number of hydrazone groups is 1. The van der Waals surface area contributed by atoms with Crippen LogP contribution in [0.5, 0.6) is 17.2 Å². The molecule has 0 atom stereocenters. The van der Waals surface area contributed by atoms with Crippen molar-refractivity contribution >= 4 is 29.2 Å². The maximum absolute atomic E-state index is 5.38. The fourth-order valence-corrected chi connectivity index (χ4v) is 2.51. The third-order valence-electron chi connectivity index (χ3n) is 3.97. The van der Waals surface area contributed by atoms with Gasteiger partial charge >= 0.3 is 0 Å². The number of ether oxygens (including phenoxy) is 3. The summed E-state index contributed by atoms with van der Waals surface area (Å²) < 4.78 is 16.0. The number of benzene rings is 2. The van der Waals surface area contributed by atoms with Gasteiger partial charge in [0.05, 0.1) is 33.1 Å². The van der Waals surface area contributed by atoms with Crippen LogP contribution in [0.25, 0.3) is 0 Å². The molecule has 0 saturated heterocycles. The second kappa shape index (κ2) is 9.05. The van der Waals surface area contributed by atoms with Crippen LogP contribution in [0.3, 0.4) is 0 Å². The highest BCUT2D eigenvalue weighted by atomic mass is 32.1. The third-order valence-corrected chi connectivity index (χ3v) is 4.16. The lowest BCUT2D eigenvalue weighted by atomic mass is 10.1. The van der Waals surface area contributed by atoms with E-state index in [0.29, 0.717) is 27.9 Å². The second-order valence-corrected chi connectivity index (χ2v) is 5.93. The van der Waals surface area contributed by atoms with Gasteiger partial charge in [0.1, 0.15) is 17.2 Å². The quantitative estimate of drug-likeness (QED) is 0.458. The molecule has 2 aromatic carbocycles. The number of hydrogen-bond acceptors (Lipinski definition) is 5. The van der Waals surface area contributed by atoms with Crippen molar-refractivity contribution in [3.05, 3.63) is 47.0 Å². The molecule has 0 aliphatic rings. The molecule has 26 heavy (non-hydrogen) atoms. The van der Waals surface area contributed by atoms with E-state index in [1.807, 2.05) is 19.1 Å². The topological polar surface area (TPSA) is 64.1 Å². The number of anilines is 1. The Morgan fingerprint density at radius 3 is 2.27 bits per heavy atom. The summed E-state index contributed by atoms with van der Waals surface area (Å²) in [6, 6.07) is 9.52. The van der Waals surface area contributed by atoms with Crippen molar-refractivity contribution in [2.45, 2.75) is 13.8 Å². The number of thiocarbonyl (C=S) groups is 1. The summed E-state index contributed by atoms with van der Waals surface area (Å²) in [5.74, 6) is 1.80. The summed E-state index contributed by atoms with van der Waals surface area (Å²) in [4.78, 5) is 0. The lowest BCUT2D eigenvalue weighted by molar-refractivity contribution is 0.374. The maximum atomic E-state index is 5.38. The molecule has 0 fully saturated rings. The molecule has 0 spiro atoms. The molecule has 0 heterocycles. The Hall–Kier alpha value is -2.80. The molecule has 0 aromatic heterocycles. The first kappa shape index (κ1) is 19.5. The second-order valence-electron chi connectivity index (χ2n) is 5.52. The molecule has 0 bridgehead atoms. The smallest absolute Gasteiger partial charge is 0.191 e. The molecule has 138 valence electrons. The predicted molar refractivity (Wildman–Crippen MR) is 109 cm³/mol. The average molecular weight is 373 g/mol. The zero-order chi connectivity index (χ0) is 19.1. The molecule has 0 amide bonds. The van der Waals surface area contributed by atoms with Crippen LogP contribution in [0.15, 0.2) is 35.4 Å². The average Bonchev–Trinajstić information content (AvgIpc) is 2.65. The third kappa shape index (κ3) is 4.64. The largest absolute Gasteiger partial charge is 0.496 e. The minimum Gasteiger partial charge on any atom is -0.496 e. The summed E-state index contributed by atoms with van der Waals surface area (Å²) >= 11 is 5.30. The van der Waals surface area contributed by atoms with Gasteiger partial charge in [-0.3, -0.25) is 5.43 Å². The Morgan fingerprint density at radius 2 is 1.69 bits per heavy atom. The Labute approximate surface area is 159 Å². The first-order valence-electron chi connectivity index (χ1n) is 7.96. The number of aryl methyl sites for hydroxylation is 1. The summed E-state index contributed by atoms with van der Waals surface area (Å²) in [6.45, 7) is 4.09. The first-order valence-corrected chi connectivity index (χ1v) is 8.37. The standard InChI is InChI=1S/C19H23N3O3S/c1-12-7-6-8-16(13(12)2)21-19(26)22-20-11-15-17(24-4)9-14(23-3)10-18(15)25-5/h6-11H,1-5H3,(H2,21,22,26)/b20-11-. The molecular weight excluding hydrogens is 350 g/mol. The number of nitrogens with zero attached hydrogens (tertiary/aromatic N) is 1. The van der Waals surface area contributed by atoms with Crippen LogP contribution < -0.4 is 25.0 Å². The van der Waals surface area contributed by atoms with E-state index in [2.05, 4.69) is 28.8 Å². The molecule has 2 aromatic rings. The molecule has 2 N–H and O–H groups in total. The number of nitrogens with one attached hydrogen (secondary N) is 2. The molecule has 0 aliphatic carbocycles. The molecule has 2 rings (SSSR count). The van der Waals surface area contributed by atoms with E-state index < -0.39 is 0 Å². The van der Waals surface area contributed by atoms with Gasteiger partial charge in [-0.05, 0) is 43.3 Å². The van der Waals surface area contributed by atoms with Gasteiger partial charge in [0.25, 0.3) is 0 Å². The lowest BCUT2D eigenvalue weighted by Gasteiger charge is -2.13. The molecule has 6 nitrogen and oxygen atoms in total. The van der Waals surface area contributed by atoms with E-state index in [0.717, 1.165) is 11.3 Å².